The number of amides is 3. The fraction of sp³-hybridized carbons (Fsp3) is 0.310. The number of halogens is 2. The van der Waals surface area contributed by atoms with Crippen LogP contribution in [-0.2, 0) is 17.1 Å². The number of piperidine rings is 1. The van der Waals surface area contributed by atoms with Gasteiger partial charge in [0.2, 0.25) is 0 Å². The number of para-hydroxylation sites is 1. The number of aryl methyl sites for hydroxylation is 1. The first-order valence-electron chi connectivity index (χ1n) is 12.7. The number of nitrogens with zero attached hydrogens (tertiary/aromatic N) is 2. The number of fused-ring (bicyclic) bond motifs is 1. The third-order valence-electron chi connectivity index (χ3n) is 7.33. The molecule has 1 atom stereocenters. The predicted octanol–water partition coefficient (Wildman–Crippen LogP) is 5.53. The van der Waals surface area contributed by atoms with E-state index in [1.165, 1.54) is 23.3 Å². The van der Waals surface area contributed by atoms with Crippen molar-refractivity contribution in [3.05, 3.63) is 93.5 Å². The first kappa shape index (κ1) is 26.5. The molecular weight excluding hydrogens is 523 g/mol. The lowest BCUT2D eigenvalue weighted by molar-refractivity contribution is -0.140. The number of rotatable bonds is 6. The lowest BCUT2D eigenvalue weighted by Gasteiger charge is -2.43. The van der Waals surface area contributed by atoms with Gasteiger partial charge in [0.05, 0.1) is 21.4 Å². The topological polar surface area (TPSA) is 84.9 Å². The summed E-state index contributed by atoms with van der Waals surface area (Å²) in [6.45, 7) is 5.25. The fourth-order valence-electron chi connectivity index (χ4n) is 5.15. The molecule has 0 aromatic heterocycles. The third kappa shape index (κ3) is 5.24. The quantitative estimate of drug-likeness (QED) is 0.375. The zero-order valence-corrected chi connectivity index (χ0v) is 22.6. The van der Waals surface area contributed by atoms with E-state index in [1.807, 2.05) is 0 Å². The van der Waals surface area contributed by atoms with Crippen LogP contribution in [0.25, 0.3) is 0 Å². The summed E-state index contributed by atoms with van der Waals surface area (Å²) in [7, 11) is 0. The number of aliphatic hydroxyl groups is 1. The molecular formula is C29H30Cl2N4O3. The van der Waals surface area contributed by atoms with Crippen LogP contribution in [0.3, 0.4) is 0 Å². The Balaban J connectivity index is 1.30. The van der Waals surface area contributed by atoms with E-state index in [-0.39, 0.29) is 22.2 Å². The first-order valence-corrected chi connectivity index (χ1v) is 13.5. The minimum absolute atomic E-state index is 0.205. The van der Waals surface area contributed by atoms with Crippen molar-refractivity contribution in [2.24, 2.45) is 5.92 Å². The Morgan fingerprint density at radius 2 is 1.76 bits per heavy atom. The Morgan fingerprint density at radius 3 is 2.47 bits per heavy atom. The summed E-state index contributed by atoms with van der Waals surface area (Å²) in [5.41, 5.74) is 1.16. The maximum absolute atomic E-state index is 13.7. The highest BCUT2D eigenvalue weighted by Crippen LogP contribution is 2.41. The van der Waals surface area contributed by atoms with Crippen LogP contribution < -0.4 is 15.5 Å². The van der Waals surface area contributed by atoms with E-state index in [0.717, 1.165) is 37.4 Å². The molecule has 7 nitrogen and oxygen atoms in total. The molecule has 0 unspecified atom stereocenters. The molecule has 38 heavy (non-hydrogen) atoms. The van der Waals surface area contributed by atoms with Crippen LogP contribution in [0, 0.1) is 12.8 Å². The summed E-state index contributed by atoms with van der Waals surface area (Å²) >= 11 is 12.3. The molecule has 5 rings (SSSR count). The standard InChI is InChI=1S/C29H30Cl2N4O3/c1-19-6-8-21(9-7-19)18-34-14-12-20(13-15-34)17-32-27(36)29(38)23-4-2-3-5-26(23)33-28(37)35(29)22-10-11-24(30)25(31)16-22/h2-11,16,20,38H,12-15,17-18H2,1H3,(H,32,36)(H,33,37)/t29-/m0/s1. The van der Waals surface area contributed by atoms with E-state index in [0.29, 0.717) is 17.3 Å². The van der Waals surface area contributed by atoms with Gasteiger partial charge < -0.3 is 15.7 Å². The summed E-state index contributed by atoms with van der Waals surface area (Å²) in [4.78, 5) is 30.3. The van der Waals surface area contributed by atoms with Gasteiger partial charge in [-0.25, -0.2) is 4.79 Å². The Hall–Kier alpha value is -3.10. The van der Waals surface area contributed by atoms with Crippen LogP contribution in [0.1, 0.15) is 29.5 Å². The Kier molecular flexibility index (Phi) is 7.63. The normalized spacial score (nSPS) is 20.1. The Bertz CT molecular complexity index is 1340. The SMILES string of the molecule is Cc1ccc(CN2CCC(CNC(=O)[C@@]3(O)c4ccccc4NC(=O)N3c3ccc(Cl)c(Cl)c3)CC2)cc1. The Morgan fingerprint density at radius 1 is 1.05 bits per heavy atom. The molecule has 3 amide bonds. The first-order chi connectivity index (χ1) is 18.3. The molecule has 9 heteroatoms. The number of nitrogens with one attached hydrogen (secondary N) is 2. The zero-order valence-electron chi connectivity index (χ0n) is 21.1. The molecule has 0 aliphatic carbocycles. The number of hydrogen-bond donors (Lipinski definition) is 3. The maximum Gasteiger partial charge on any atom is 0.329 e. The van der Waals surface area contributed by atoms with E-state index >= 15 is 0 Å². The monoisotopic (exact) mass is 552 g/mol. The highest BCUT2D eigenvalue weighted by atomic mass is 35.5. The molecule has 2 aliphatic rings. The van der Waals surface area contributed by atoms with Crippen molar-refractivity contribution in [3.8, 4) is 0 Å². The molecule has 198 valence electrons. The summed E-state index contributed by atoms with van der Waals surface area (Å²) < 4.78 is 0. The van der Waals surface area contributed by atoms with E-state index in [4.69, 9.17) is 23.2 Å². The van der Waals surface area contributed by atoms with Crippen LogP contribution in [0.4, 0.5) is 16.2 Å². The van der Waals surface area contributed by atoms with Crippen LogP contribution in [0.2, 0.25) is 10.0 Å². The third-order valence-corrected chi connectivity index (χ3v) is 8.07. The van der Waals surface area contributed by atoms with Crippen molar-refractivity contribution in [1.82, 2.24) is 10.2 Å². The van der Waals surface area contributed by atoms with E-state index in [9.17, 15) is 14.7 Å². The van der Waals surface area contributed by atoms with Crippen molar-refractivity contribution in [1.29, 1.82) is 0 Å². The largest absolute Gasteiger partial charge is 0.359 e. The lowest BCUT2D eigenvalue weighted by atomic mass is 9.93. The summed E-state index contributed by atoms with van der Waals surface area (Å²) in [6, 6.07) is 19.2. The second-order valence-corrected chi connectivity index (χ2v) is 10.8. The van der Waals surface area contributed by atoms with E-state index in [1.54, 1.807) is 30.3 Å². The fourth-order valence-corrected chi connectivity index (χ4v) is 5.44. The predicted molar refractivity (Wildman–Crippen MR) is 150 cm³/mol. The van der Waals surface area contributed by atoms with Crippen LogP contribution in [0.15, 0.2) is 66.7 Å². The smallest absolute Gasteiger partial charge is 0.329 e. The number of benzene rings is 3. The number of carbonyl (C=O) groups excluding carboxylic acids is 2. The van der Waals surface area contributed by atoms with Crippen LogP contribution in [0.5, 0.6) is 0 Å². The van der Waals surface area contributed by atoms with Gasteiger partial charge in [-0.05, 0) is 68.6 Å². The van der Waals surface area contributed by atoms with Crippen LogP contribution in [-0.4, -0.2) is 41.6 Å². The number of urea groups is 1. The summed E-state index contributed by atoms with van der Waals surface area (Å²) in [5.74, 6) is -0.407. The molecule has 3 N–H and O–H groups in total. The number of anilines is 2. The number of likely N-dealkylation sites (tertiary alicyclic amines) is 1. The van der Waals surface area contributed by atoms with Gasteiger partial charge >= 0.3 is 6.03 Å². The second kappa shape index (κ2) is 10.9. The molecule has 0 bridgehead atoms. The molecule has 0 radical (unpaired) electrons. The maximum atomic E-state index is 13.7. The van der Waals surface area contributed by atoms with Gasteiger partial charge in [-0.15, -0.1) is 0 Å². The molecule has 1 saturated heterocycles. The minimum atomic E-state index is -2.28. The van der Waals surface area contributed by atoms with Crippen molar-refractivity contribution in [3.63, 3.8) is 0 Å². The minimum Gasteiger partial charge on any atom is -0.359 e. The van der Waals surface area contributed by atoms with Gasteiger partial charge in [-0.3, -0.25) is 14.6 Å². The van der Waals surface area contributed by atoms with Crippen LogP contribution >= 0.6 is 23.2 Å². The van der Waals surface area contributed by atoms with Crippen molar-refractivity contribution < 1.29 is 14.7 Å². The van der Waals surface area contributed by atoms with E-state index < -0.39 is 17.7 Å². The Labute approximate surface area is 232 Å². The lowest BCUT2D eigenvalue weighted by Crippen LogP contribution is -2.63. The van der Waals surface area contributed by atoms with Gasteiger partial charge in [0, 0.05) is 18.7 Å². The van der Waals surface area contributed by atoms with E-state index in [2.05, 4.69) is 46.7 Å². The molecule has 0 spiro atoms. The summed E-state index contributed by atoms with van der Waals surface area (Å²) in [6.07, 6.45) is 1.86. The van der Waals surface area contributed by atoms with Gasteiger partial charge in [-0.2, -0.15) is 0 Å². The van der Waals surface area contributed by atoms with Gasteiger partial charge in [0.25, 0.3) is 11.6 Å². The van der Waals surface area contributed by atoms with Crippen molar-refractivity contribution in [2.45, 2.75) is 32.0 Å². The molecule has 3 aromatic carbocycles. The molecule has 0 saturated carbocycles. The summed E-state index contributed by atoms with van der Waals surface area (Å²) in [5, 5.41) is 18.1. The molecule has 2 heterocycles. The average Bonchev–Trinajstić information content (AvgIpc) is 2.91. The average molecular weight is 553 g/mol. The second-order valence-electron chi connectivity index (χ2n) is 10.00. The van der Waals surface area contributed by atoms with Gasteiger partial charge in [-0.1, -0.05) is 71.2 Å². The highest BCUT2D eigenvalue weighted by molar-refractivity contribution is 6.42. The number of carbonyl (C=O) groups is 2. The molecule has 3 aromatic rings. The molecule has 1 fully saturated rings. The van der Waals surface area contributed by atoms with Gasteiger partial charge in [0.15, 0.2) is 0 Å². The van der Waals surface area contributed by atoms with Crippen molar-refractivity contribution in [2.75, 3.05) is 29.9 Å². The molecule has 2 aliphatic heterocycles. The van der Waals surface area contributed by atoms with Crippen molar-refractivity contribution >= 4 is 46.5 Å². The highest BCUT2D eigenvalue weighted by Gasteiger charge is 2.52. The van der Waals surface area contributed by atoms with Gasteiger partial charge in [0.1, 0.15) is 0 Å². The zero-order chi connectivity index (χ0) is 26.9. The number of hydrogen-bond acceptors (Lipinski definition) is 4.